The predicted octanol–water partition coefficient (Wildman–Crippen LogP) is -0.578. The van der Waals surface area contributed by atoms with Crippen molar-refractivity contribution >= 4 is 21.2 Å². The summed E-state index contributed by atoms with van der Waals surface area (Å²) in [5.41, 5.74) is 0. The molecule has 0 atom stereocenters. The van der Waals surface area contributed by atoms with E-state index in [0.717, 1.165) is 0 Å². The summed E-state index contributed by atoms with van der Waals surface area (Å²) in [4.78, 5) is 0. The summed E-state index contributed by atoms with van der Waals surface area (Å²) in [6.07, 6.45) is 0. The fourth-order valence-electron chi connectivity index (χ4n) is 0.120. The van der Waals surface area contributed by atoms with E-state index in [1.54, 1.807) is 0 Å². The van der Waals surface area contributed by atoms with Gasteiger partial charge in [0.25, 0.3) is 0 Å². The molecule has 10 heavy (non-hydrogen) atoms. The maximum Gasteiger partial charge on any atom is 0.392 e. The Balaban J connectivity index is 4.74. The Kier molecular flexibility index (Phi) is 2.46. The van der Waals surface area contributed by atoms with E-state index >= 15 is 0 Å². The van der Waals surface area contributed by atoms with Gasteiger partial charge in [-0.15, -0.1) is 0 Å². The average molecular weight is 197 g/mol. The third kappa shape index (κ3) is 2.64. The second kappa shape index (κ2) is 2.49. The normalized spacial score (nSPS) is 15.7. The van der Waals surface area contributed by atoms with Crippen molar-refractivity contribution < 1.29 is 25.0 Å². The zero-order valence-electron chi connectivity index (χ0n) is 4.73. The van der Waals surface area contributed by atoms with Gasteiger partial charge in [0.05, 0.1) is 0 Å². The highest BCUT2D eigenvalue weighted by molar-refractivity contribution is 8.02. The van der Waals surface area contributed by atoms with E-state index in [9.17, 15) is 20.4 Å². The molecule has 5 nitrogen and oxygen atoms in total. The summed E-state index contributed by atoms with van der Waals surface area (Å²) in [5.74, 6) is 0. The molecule has 0 saturated carbocycles. The second-order valence-corrected chi connectivity index (χ2v) is 4.54. The van der Waals surface area contributed by atoms with Crippen molar-refractivity contribution in [2.45, 2.75) is 0 Å². The van der Waals surface area contributed by atoms with Crippen molar-refractivity contribution in [3.63, 3.8) is 0 Å². The lowest BCUT2D eigenvalue weighted by atomic mass is 11.6. The van der Waals surface area contributed by atoms with E-state index in [4.69, 9.17) is 4.55 Å². The third-order valence-electron chi connectivity index (χ3n) is 0.663. The molecule has 0 unspecified atom stereocenters. The molecule has 1 N–H and O–H groups in total. The maximum absolute atomic E-state index is 11.7. The van der Waals surface area contributed by atoms with Crippen LogP contribution in [0.1, 0.15) is 0 Å². The molecule has 0 aromatic carbocycles. The Hall–Kier alpha value is -0.120. The molecule has 0 aliphatic rings. The smallest absolute Gasteiger partial charge is 0.268 e. The summed E-state index contributed by atoms with van der Waals surface area (Å²) >= 11 is 0. The molecule has 0 aromatic heterocycles. The lowest BCUT2D eigenvalue weighted by molar-refractivity contribution is 0.424. The van der Waals surface area contributed by atoms with Gasteiger partial charge in [-0.1, -0.05) is 11.5 Å². The maximum atomic E-state index is 11.7. The van der Waals surface area contributed by atoms with Crippen LogP contribution in [0.3, 0.4) is 0 Å². The van der Waals surface area contributed by atoms with Crippen molar-refractivity contribution in [1.29, 1.82) is 0 Å². The molecule has 0 aliphatic heterocycles. The predicted molar refractivity (Wildman–Crippen MR) is 31.1 cm³/mol. The zero-order chi connectivity index (χ0) is 8.58. The number of halogens is 2. The number of thiol groups is 1. The Morgan fingerprint density at radius 1 is 1.60 bits per heavy atom. The summed E-state index contributed by atoms with van der Waals surface area (Å²) in [7, 11) is -10.6. The first kappa shape index (κ1) is 9.88. The van der Waals surface area contributed by atoms with Gasteiger partial charge in [0, 0.05) is 7.05 Å². The molecule has 64 valence electrons. The molecule has 0 radical (unpaired) electrons. The van der Waals surface area contributed by atoms with Crippen LogP contribution in [0.25, 0.3) is 0 Å². The Morgan fingerprint density at radius 3 is 1.90 bits per heavy atom. The molecular weight excluding hydrogens is 192 g/mol. The van der Waals surface area contributed by atoms with Crippen LogP contribution in [0.4, 0.5) is 7.77 Å². The number of hydrogen-bond donors (Lipinski definition) is 2. The molecule has 0 amide bonds. The highest BCUT2D eigenvalue weighted by atomic mass is 32.3. The third-order valence-corrected chi connectivity index (χ3v) is 3.18. The van der Waals surface area contributed by atoms with E-state index in [1.807, 2.05) is 0 Å². The fraction of sp³-hybridized carbons (Fsp3) is 1.00. The summed E-state index contributed by atoms with van der Waals surface area (Å²) < 4.78 is 59.3. The Labute approximate surface area is 57.7 Å². The zero-order valence-corrected chi connectivity index (χ0v) is 6.44. The van der Waals surface area contributed by atoms with Crippen LogP contribution >= 0.6 is 0 Å². The van der Waals surface area contributed by atoms with Crippen LogP contribution in [0.5, 0.6) is 0 Å². The van der Waals surface area contributed by atoms with Gasteiger partial charge in [-0.2, -0.15) is 12.6 Å². The monoisotopic (exact) mass is 197 g/mol. The molecule has 0 heterocycles. The van der Waals surface area contributed by atoms with Crippen molar-refractivity contribution in [2.75, 3.05) is 7.05 Å². The van der Waals surface area contributed by atoms with Crippen LogP contribution in [-0.4, -0.2) is 27.9 Å². The molecule has 0 aromatic rings. The topological polar surface area (TPSA) is 74.7 Å². The first-order valence-electron chi connectivity index (χ1n) is 1.87. The molecular formula is CH5F2NO4S2. The van der Waals surface area contributed by atoms with Gasteiger partial charge in [-0.3, -0.25) is 4.55 Å². The largest absolute Gasteiger partial charge is 0.392 e. The van der Waals surface area contributed by atoms with E-state index in [1.165, 1.54) is 0 Å². The fourth-order valence-corrected chi connectivity index (χ4v) is 1.08. The molecule has 0 rings (SSSR count). The lowest BCUT2D eigenvalue weighted by Crippen LogP contribution is -2.31. The van der Waals surface area contributed by atoms with Crippen molar-refractivity contribution in [1.82, 2.24) is 3.71 Å². The van der Waals surface area contributed by atoms with Crippen LogP contribution in [-0.2, 0) is 21.2 Å². The number of nitrogens with zero attached hydrogens (tertiary/aromatic N) is 1. The minimum Gasteiger partial charge on any atom is -0.268 e. The summed E-state index contributed by atoms with van der Waals surface area (Å²) in [5, 5.41) is 0. The first-order chi connectivity index (χ1) is 4.15. The average Bonchev–Trinajstić information content (AvgIpc) is 1.59. The van der Waals surface area contributed by atoms with E-state index < -0.39 is 24.9 Å². The van der Waals surface area contributed by atoms with E-state index in [0.29, 0.717) is 7.05 Å². The highest BCUT2D eigenvalue weighted by Gasteiger charge is 2.24. The Morgan fingerprint density at radius 2 is 1.90 bits per heavy atom. The number of rotatable bonds is 2. The molecule has 0 fully saturated rings. The van der Waals surface area contributed by atoms with E-state index in [-0.39, 0.29) is 0 Å². The van der Waals surface area contributed by atoms with Crippen LogP contribution in [0, 0.1) is 0 Å². The molecule has 9 heteroatoms. The molecule has 0 aliphatic carbocycles. The number of hydrogen-bond acceptors (Lipinski definition) is 3. The highest BCUT2D eigenvalue weighted by Crippen LogP contribution is 2.12. The standard InChI is InChI=1S/CH5F2NO4S2/c1-4(9(2,5)6)10(3,7)8/h9H,1H3,(H,5,6). The van der Waals surface area contributed by atoms with Crippen molar-refractivity contribution in [3.05, 3.63) is 0 Å². The van der Waals surface area contributed by atoms with Gasteiger partial charge in [0.1, 0.15) is 0 Å². The summed E-state index contributed by atoms with van der Waals surface area (Å²) in [6, 6.07) is 0. The first-order valence-corrected chi connectivity index (χ1v) is 4.71. The lowest BCUT2D eigenvalue weighted by Gasteiger charge is -2.19. The minimum absolute atomic E-state index is 0.316. The van der Waals surface area contributed by atoms with Gasteiger partial charge < -0.3 is 0 Å². The summed E-state index contributed by atoms with van der Waals surface area (Å²) in [6.45, 7) is 0. The van der Waals surface area contributed by atoms with Crippen LogP contribution < -0.4 is 0 Å². The van der Waals surface area contributed by atoms with E-state index in [2.05, 4.69) is 0 Å². The van der Waals surface area contributed by atoms with Gasteiger partial charge in [-0.05, 0) is 10.8 Å². The molecule has 0 saturated heterocycles. The SMILES string of the molecule is CN(S(=O)(=O)F)[SH](=O)(O)F. The molecule has 0 bridgehead atoms. The second-order valence-electron chi connectivity index (χ2n) is 1.35. The van der Waals surface area contributed by atoms with Crippen LogP contribution in [0.15, 0.2) is 0 Å². The van der Waals surface area contributed by atoms with Crippen molar-refractivity contribution in [2.24, 2.45) is 0 Å². The van der Waals surface area contributed by atoms with Crippen molar-refractivity contribution in [3.8, 4) is 0 Å². The van der Waals surface area contributed by atoms with Gasteiger partial charge in [-0.25, -0.2) is 0 Å². The van der Waals surface area contributed by atoms with Crippen LogP contribution in [0.2, 0.25) is 0 Å². The Bertz CT molecular complexity index is 252. The van der Waals surface area contributed by atoms with Gasteiger partial charge in [0.15, 0.2) is 0 Å². The quantitative estimate of drug-likeness (QED) is 0.459. The molecule has 0 spiro atoms. The van der Waals surface area contributed by atoms with Gasteiger partial charge >= 0.3 is 10.4 Å². The van der Waals surface area contributed by atoms with Gasteiger partial charge in [0.2, 0.25) is 0 Å². The minimum atomic E-state index is -5.51.